The van der Waals surface area contributed by atoms with E-state index in [1.54, 1.807) is 24.3 Å². The van der Waals surface area contributed by atoms with Crippen molar-refractivity contribution < 1.29 is 9.59 Å². The van der Waals surface area contributed by atoms with Gasteiger partial charge in [0.1, 0.15) is 0 Å². The first-order valence-corrected chi connectivity index (χ1v) is 7.17. The molecule has 0 bridgehead atoms. The van der Waals surface area contributed by atoms with E-state index in [0.717, 1.165) is 0 Å². The zero-order valence-electron chi connectivity index (χ0n) is 11.9. The van der Waals surface area contributed by atoms with Gasteiger partial charge in [0.15, 0.2) is 0 Å². The van der Waals surface area contributed by atoms with E-state index in [1.165, 1.54) is 0 Å². The Morgan fingerprint density at radius 2 is 1.80 bits per heavy atom. The first kappa shape index (κ1) is 16.5. The van der Waals surface area contributed by atoms with Crippen LogP contribution in [0.15, 0.2) is 24.3 Å². The first-order valence-electron chi connectivity index (χ1n) is 6.79. The van der Waals surface area contributed by atoms with Gasteiger partial charge in [-0.1, -0.05) is 25.4 Å². The van der Waals surface area contributed by atoms with Gasteiger partial charge in [-0.3, -0.25) is 9.59 Å². The molecule has 20 heavy (non-hydrogen) atoms. The number of benzene rings is 1. The van der Waals surface area contributed by atoms with Gasteiger partial charge in [0.25, 0.3) is 5.91 Å². The summed E-state index contributed by atoms with van der Waals surface area (Å²) in [5, 5.41) is 6.22. The van der Waals surface area contributed by atoms with E-state index in [4.69, 9.17) is 11.6 Å². The van der Waals surface area contributed by atoms with Gasteiger partial charge in [-0.25, -0.2) is 0 Å². The molecule has 0 aliphatic carbocycles. The minimum atomic E-state index is -0.149. The van der Waals surface area contributed by atoms with Crippen molar-refractivity contribution in [2.75, 3.05) is 13.1 Å². The molecule has 0 saturated carbocycles. The molecule has 2 amide bonds. The lowest BCUT2D eigenvalue weighted by Gasteiger charge is -2.08. The van der Waals surface area contributed by atoms with Crippen molar-refractivity contribution in [3.63, 3.8) is 0 Å². The minimum Gasteiger partial charge on any atom is -0.356 e. The molecule has 0 aliphatic heterocycles. The van der Waals surface area contributed by atoms with Crippen LogP contribution in [0.5, 0.6) is 0 Å². The Morgan fingerprint density at radius 3 is 2.40 bits per heavy atom. The number of nitrogens with one attached hydrogen (secondary N) is 2. The second kappa shape index (κ2) is 8.59. The van der Waals surface area contributed by atoms with Gasteiger partial charge in [-0.05, 0) is 36.6 Å². The van der Waals surface area contributed by atoms with Crippen LogP contribution in [0.4, 0.5) is 0 Å². The highest BCUT2D eigenvalue weighted by Crippen LogP contribution is 2.09. The first-order chi connectivity index (χ1) is 9.49. The molecule has 2 N–H and O–H groups in total. The van der Waals surface area contributed by atoms with E-state index < -0.39 is 0 Å². The molecule has 0 spiro atoms. The Labute approximate surface area is 124 Å². The summed E-state index contributed by atoms with van der Waals surface area (Å²) in [6.07, 6.45) is 1.05. The van der Waals surface area contributed by atoms with Crippen molar-refractivity contribution in [3.8, 4) is 0 Å². The molecule has 0 aliphatic rings. The molecule has 5 heteroatoms. The molecule has 0 fully saturated rings. The van der Waals surface area contributed by atoms with Crippen LogP contribution in [0.25, 0.3) is 0 Å². The van der Waals surface area contributed by atoms with E-state index in [0.29, 0.717) is 42.4 Å². The smallest absolute Gasteiger partial charge is 0.251 e. The quantitative estimate of drug-likeness (QED) is 0.760. The van der Waals surface area contributed by atoms with E-state index in [9.17, 15) is 9.59 Å². The van der Waals surface area contributed by atoms with Gasteiger partial charge in [0.05, 0.1) is 0 Å². The molecule has 110 valence electrons. The fourth-order valence-electron chi connectivity index (χ4n) is 1.56. The Bertz CT molecular complexity index is 444. The van der Waals surface area contributed by atoms with Gasteiger partial charge >= 0.3 is 0 Å². The predicted octanol–water partition coefficient (Wildman–Crippen LogP) is 2.62. The van der Waals surface area contributed by atoms with Crippen molar-refractivity contribution in [1.29, 1.82) is 0 Å². The lowest BCUT2D eigenvalue weighted by molar-refractivity contribution is -0.121. The van der Waals surface area contributed by atoms with Crippen molar-refractivity contribution >= 4 is 23.4 Å². The molecular weight excluding hydrogens is 276 g/mol. The maximum Gasteiger partial charge on any atom is 0.251 e. The summed E-state index contributed by atoms with van der Waals surface area (Å²) in [5.74, 6) is 0.326. The standard InChI is InChI=1S/C15H21ClN2O2/c1-11(2)10-18-14(19)4-3-9-17-15(20)12-5-7-13(16)8-6-12/h5-8,11H,3-4,9-10H2,1-2H3,(H,17,20)(H,18,19). The summed E-state index contributed by atoms with van der Waals surface area (Å²) in [5.41, 5.74) is 0.568. The highest BCUT2D eigenvalue weighted by atomic mass is 35.5. The fraction of sp³-hybridized carbons (Fsp3) is 0.467. The number of rotatable bonds is 7. The average Bonchev–Trinajstić information content (AvgIpc) is 2.42. The van der Waals surface area contributed by atoms with Gasteiger partial charge in [0.2, 0.25) is 5.91 Å². The van der Waals surface area contributed by atoms with E-state index in [2.05, 4.69) is 10.6 Å². The van der Waals surface area contributed by atoms with Crippen LogP contribution < -0.4 is 10.6 Å². The molecule has 1 aromatic rings. The molecule has 0 heterocycles. The topological polar surface area (TPSA) is 58.2 Å². The van der Waals surface area contributed by atoms with Gasteiger partial charge in [-0.2, -0.15) is 0 Å². The van der Waals surface area contributed by atoms with Crippen molar-refractivity contribution in [2.45, 2.75) is 26.7 Å². The maximum atomic E-state index is 11.8. The molecule has 4 nitrogen and oxygen atoms in total. The highest BCUT2D eigenvalue weighted by molar-refractivity contribution is 6.30. The van der Waals surface area contributed by atoms with Crippen LogP contribution in [-0.4, -0.2) is 24.9 Å². The molecule has 1 aromatic carbocycles. The van der Waals surface area contributed by atoms with E-state index in [-0.39, 0.29) is 11.8 Å². The van der Waals surface area contributed by atoms with Gasteiger partial charge in [-0.15, -0.1) is 0 Å². The van der Waals surface area contributed by atoms with Crippen LogP contribution in [0.3, 0.4) is 0 Å². The second-order valence-corrected chi connectivity index (χ2v) is 5.50. The summed E-state index contributed by atoms with van der Waals surface area (Å²) in [4.78, 5) is 23.2. The molecule has 0 unspecified atom stereocenters. The van der Waals surface area contributed by atoms with E-state index >= 15 is 0 Å². The molecule has 0 radical (unpaired) electrons. The predicted molar refractivity (Wildman–Crippen MR) is 80.9 cm³/mol. The number of hydrogen-bond donors (Lipinski definition) is 2. The van der Waals surface area contributed by atoms with Crippen LogP contribution in [0.1, 0.15) is 37.0 Å². The summed E-state index contributed by atoms with van der Waals surface area (Å²) < 4.78 is 0. The number of carbonyl (C=O) groups excluding carboxylic acids is 2. The lowest BCUT2D eigenvalue weighted by atomic mass is 10.2. The van der Waals surface area contributed by atoms with Crippen molar-refractivity contribution in [3.05, 3.63) is 34.9 Å². The molecule has 0 atom stereocenters. The molecule has 0 aromatic heterocycles. The lowest BCUT2D eigenvalue weighted by Crippen LogP contribution is -2.29. The van der Waals surface area contributed by atoms with Crippen molar-refractivity contribution in [1.82, 2.24) is 10.6 Å². The fourth-order valence-corrected chi connectivity index (χ4v) is 1.69. The number of halogens is 1. The Kier molecular flexibility index (Phi) is 7.09. The number of carbonyl (C=O) groups is 2. The van der Waals surface area contributed by atoms with Crippen LogP contribution >= 0.6 is 11.6 Å². The van der Waals surface area contributed by atoms with Crippen LogP contribution in [0.2, 0.25) is 5.02 Å². The zero-order valence-corrected chi connectivity index (χ0v) is 12.7. The molecule has 1 rings (SSSR count). The minimum absolute atomic E-state index is 0.0273. The Hall–Kier alpha value is -1.55. The van der Waals surface area contributed by atoms with Gasteiger partial charge in [0, 0.05) is 30.1 Å². The van der Waals surface area contributed by atoms with Crippen LogP contribution in [0, 0.1) is 5.92 Å². The monoisotopic (exact) mass is 296 g/mol. The van der Waals surface area contributed by atoms with Gasteiger partial charge < -0.3 is 10.6 Å². The van der Waals surface area contributed by atoms with E-state index in [1.807, 2.05) is 13.8 Å². The third kappa shape index (κ3) is 6.57. The van der Waals surface area contributed by atoms with Crippen LogP contribution in [-0.2, 0) is 4.79 Å². The Balaban J connectivity index is 2.19. The summed E-state index contributed by atoms with van der Waals surface area (Å²) in [7, 11) is 0. The largest absolute Gasteiger partial charge is 0.356 e. The number of hydrogen-bond acceptors (Lipinski definition) is 2. The zero-order chi connectivity index (χ0) is 15.0. The average molecular weight is 297 g/mol. The summed E-state index contributed by atoms with van der Waals surface area (Å²) in [6, 6.07) is 6.70. The number of amides is 2. The second-order valence-electron chi connectivity index (χ2n) is 5.06. The Morgan fingerprint density at radius 1 is 1.15 bits per heavy atom. The summed E-state index contributed by atoms with van der Waals surface area (Å²) in [6.45, 7) is 5.27. The third-order valence-electron chi connectivity index (χ3n) is 2.68. The SMILES string of the molecule is CC(C)CNC(=O)CCCNC(=O)c1ccc(Cl)cc1. The highest BCUT2D eigenvalue weighted by Gasteiger charge is 2.05. The molecular formula is C15H21ClN2O2. The third-order valence-corrected chi connectivity index (χ3v) is 2.93. The molecule has 0 saturated heterocycles. The summed E-state index contributed by atoms with van der Waals surface area (Å²) >= 11 is 5.75. The van der Waals surface area contributed by atoms with Crippen molar-refractivity contribution in [2.24, 2.45) is 5.92 Å². The maximum absolute atomic E-state index is 11.8. The normalized spacial score (nSPS) is 10.4.